The zero-order valence-corrected chi connectivity index (χ0v) is 30.2. The second kappa shape index (κ2) is 27.7. The van der Waals surface area contributed by atoms with E-state index in [1.165, 1.54) is 103 Å². The smallest absolute Gasteiger partial charge is 0.306 e. The third-order valence-electron chi connectivity index (χ3n) is 8.48. The Bertz CT molecular complexity index is 633. The van der Waals surface area contributed by atoms with E-state index in [0.29, 0.717) is 19.4 Å². The largest absolute Gasteiger partial charge is 0.462 e. The molecular formula is C36H72O5Si. The molecule has 0 radical (unpaired) electrons. The maximum Gasteiger partial charge on any atom is 0.306 e. The highest BCUT2D eigenvalue weighted by atomic mass is 28.4. The number of esters is 2. The van der Waals surface area contributed by atoms with Crippen LogP contribution in [0.5, 0.6) is 0 Å². The molecule has 0 saturated heterocycles. The Kier molecular flexibility index (Phi) is 27.1. The van der Waals surface area contributed by atoms with Crippen molar-refractivity contribution in [2.45, 2.75) is 195 Å². The summed E-state index contributed by atoms with van der Waals surface area (Å²) in [5.74, 6) is 1.32. The molecule has 250 valence electrons. The molecule has 0 spiro atoms. The molecule has 0 N–H and O–H groups in total. The standard InChI is InChI=1S/C36H72O5Si/c1-8-32(3)26-22-18-14-10-12-16-20-24-28-35(37)39-30-34(31-40-42(5,6)7)41-36(38)29-25-21-17-13-11-15-19-23-27-33(4)9-2/h32-34H,8-31H2,1-7H3. The number of carbonyl (C=O) groups excluding carboxylic acids is 2. The molecule has 5 nitrogen and oxygen atoms in total. The zero-order valence-electron chi connectivity index (χ0n) is 29.2. The van der Waals surface area contributed by atoms with Gasteiger partial charge in [-0.15, -0.1) is 0 Å². The number of unbranched alkanes of at least 4 members (excludes halogenated alkanes) is 14. The van der Waals surface area contributed by atoms with Crippen LogP contribution in [-0.2, 0) is 23.5 Å². The second-order valence-electron chi connectivity index (χ2n) is 14.0. The molecule has 0 aromatic heterocycles. The lowest BCUT2D eigenvalue weighted by molar-refractivity contribution is -0.161. The fraction of sp³-hybridized carbons (Fsp3) is 0.944. The third kappa shape index (κ3) is 29.2. The Morgan fingerprint density at radius 1 is 0.548 bits per heavy atom. The fourth-order valence-corrected chi connectivity index (χ4v) is 5.70. The van der Waals surface area contributed by atoms with Gasteiger partial charge in [0.05, 0.1) is 6.61 Å². The lowest BCUT2D eigenvalue weighted by Gasteiger charge is -2.23. The van der Waals surface area contributed by atoms with Crippen molar-refractivity contribution >= 4 is 20.3 Å². The van der Waals surface area contributed by atoms with E-state index in [-0.39, 0.29) is 18.5 Å². The van der Waals surface area contributed by atoms with Gasteiger partial charge in [-0.1, -0.05) is 143 Å². The highest BCUT2D eigenvalue weighted by Gasteiger charge is 2.22. The number of ether oxygens (including phenoxy) is 2. The average molecular weight is 613 g/mol. The first-order valence-electron chi connectivity index (χ1n) is 18.1. The van der Waals surface area contributed by atoms with Gasteiger partial charge in [-0.25, -0.2) is 0 Å². The van der Waals surface area contributed by atoms with Gasteiger partial charge in [0.25, 0.3) is 0 Å². The molecule has 0 rings (SSSR count). The summed E-state index contributed by atoms with van der Waals surface area (Å²) in [7, 11) is -1.77. The molecule has 3 unspecified atom stereocenters. The maximum absolute atomic E-state index is 12.5. The molecule has 42 heavy (non-hydrogen) atoms. The molecule has 0 aliphatic rings. The Balaban J connectivity index is 4.02. The van der Waals surface area contributed by atoms with Crippen LogP contribution in [0.2, 0.25) is 19.6 Å². The van der Waals surface area contributed by atoms with E-state index in [0.717, 1.165) is 37.5 Å². The molecule has 0 aromatic carbocycles. The lowest BCUT2D eigenvalue weighted by atomic mass is 9.99. The van der Waals surface area contributed by atoms with Crippen LogP contribution in [-0.4, -0.2) is 39.6 Å². The fourth-order valence-electron chi connectivity index (χ4n) is 5.02. The van der Waals surface area contributed by atoms with E-state index < -0.39 is 14.4 Å². The van der Waals surface area contributed by atoms with E-state index in [1.54, 1.807) is 0 Å². The minimum Gasteiger partial charge on any atom is -0.462 e. The van der Waals surface area contributed by atoms with Gasteiger partial charge in [0.2, 0.25) is 0 Å². The first-order chi connectivity index (χ1) is 20.1. The second-order valence-corrected chi connectivity index (χ2v) is 18.5. The van der Waals surface area contributed by atoms with Crippen molar-refractivity contribution in [3.05, 3.63) is 0 Å². The summed E-state index contributed by atoms with van der Waals surface area (Å²) >= 11 is 0. The van der Waals surface area contributed by atoms with Crippen LogP contribution < -0.4 is 0 Å². The molecule has 0 bridgehead atoms. The molecular weight excluding hydrogens is 540 g/mol. The lowest BCUT2D eigenvalue weighted by Crippen LogP contribution is -2.35. The topological polar surface area (TPSA) is 61.8 Å². The minimum absolute atomic E-state index is 0.0860. The van der Waals surface area contributed by atoms with Crippen LogP contribution in [0, 0.1) is 11.8 Å². The molecule has 0 heterocycles. The maximum atomic E-state index is 12.5. The first kappa shape index (κ1) is 41.1. The summed E-state index contributed by atoms with van der Waals surface area (Å²) < 4.78 is 17.2. The molecule has 0 fully saturated rings. The van der Waals surface area contributed by atoms with Crippen molar-refractivity contribution in [1.29, 1.82) is 0 Å². The quantitative estimate of drug-likeness (QED) is 0.0459. The van der Waals surface area contributed by atoms with Gasteiger partial charge in [-0.05, 0) is 44.3 Å². The van der Waals surface area contributed by atoms with Crippen molar-refractivity contribution in [1.82, 2.24) is 0 Å². The molecule has 0 aliphatic carbocycles. The molecule has 0 saturated carbocycles. The summed E-state index contributed by atoms with van der Waals surface area (Å²) in [5.41, 5.74) is 0. The number of hydrogen-bond acceptors (Lipinski definition) is 5. The Labute approximate surface area is 263 Å². The molecule has 6 heteroatoms. The van der Waals surface area contributed by atoms with Gasteiger partial charge in [-0.2, -0.15) is 0 Å². The van der Waals surface area contributed by atoms with Crippen LogP contribution in [0.15, 0.2) is 0 Å². The highest BCUT2D eigenvalue weighted by molar-refractivity contribution is 6.69. The van der Waals surface area contributed by atoms with Crippen molar-refractivity contribution < 1.29 is 23.5 Å². The zero-order chi connectivity index (χ0) is 31.5. The summed E-state index contributed by atoms with van der Waals surface area (Å²) in [4.78, 5) is 24.8. The van der Waals surface area contributed by atoms with E-state index in [9.17, 15) is 9.59 Å². The number of carbonyl (C=O) groups is 2. The van der Waals surface area contributed by atoms with Gasteiger partial charge in [0.15, 0.2) is 14.4 Å². The van der Waals surface area contributed by atoms with Crippen LogP contribution in [0.3, 0.4) is 0 Å². The average Bonchev–Trinajstić information content (AvgIpc) is 2.95. The minimum atomic E-state index is -1.77. The predicted molar refractivity (Wildman–Crippen MR) is 181 cm³/mol. The monoisotopic (exact) mass is 613 g/mol. The highest BCUT2D eigenvalue weighted by Crippen LogP contribution is 2.17. The van der Waals surface area contributed by atoms with E-state index in [2.05, 4.69) is 47.3 Å². The van der Waals surface area contributed by atoms with Crippen LogP contribution in [0.25, 0.3) is 0 Å². The molecule has 3 atom stereocenters. The Morgan fingerprint density at radius 3 is 1.33 bits per heavy atom. The summed E-state index contributed by atoms with van der Waals surface area (Å²) in [6, 6.07) is 0. The van der Waals surface area contributed by atoms with Crippen molar-refractivity contribution in [3.63, 3.8) is 0 Å². The van der Waals surface area contributed by atoms with Crippen LogP contribution >= 0.6 is 0 Å². The van der Waals surface area contributed by atoms with Crippen molar-refractivity contribution in [2.24, 2.45) is 11.8 Å². The van der Waals surface area contributed by atoms with Crippen molar-refractivity contribution in [3.8, 4) is 0 Å². The molecule has 0 aliphatic heterocycles. The number of hydrogen-bond donors (Lipinski definition) is 0. The van der Waals surface area contributed by atoms with E-state index >= 15 is 0 Å². The van der Waals surface area contributed by atoms with Gasteiger partial charge in [0.1, 0.15) is 6.61 Å². The molecule has 0 amide bonds. The summed E-state index contributed by atoms with van der Waals surface area (Å²) in [6.07, 6.45) is 25.0. The summed E-state index contributed by atoms with van der Waals surface area (Å²) in [5, 5.41) is 0. The Morgan fingerprint density at radius 2 is 0.929 bits per heavy atom. The van der Waals surface area contributed by atoms with E-state index in [4.69, 9.17) is 13.9 Å². The predicted octanol–water partition coefficient (Wildman–Crippen LogP) is 11.2. The molecule has 0 aromatic rings. The summed E-state index contributed by atoms with van der Waals surface area (Å²) in [6.45, 7) is 15.9. The number of rotatable bonds is 30. The normalized spacial score (nSPS) is 14.0. The SMILES string of the molecule is CCC(C)CCCCCCCCCCC(=O)OCC(CO[Si](C)(C)C)OC(=O)CCCCCCCCCCC(C)CC. The van der Waals surface area contributed by atoms with Gasteiger partial charge >= 0.3 is 11.9 Å². The third-order valence-corrected chi connectivity index (χ3v) is 9.51. The van der Waals surface area contributed by atoms with Crippen molar-refractivity contribution in [2.75, 3.05) is 13.2 Å². The first-order valence-corrected chi connectivity index (χ1v) is 21.5. The van der Waals surface area contributed by atoms with Crippen LogP contribution in [0.1, 0.15) is 169 Å². The van der Waals surface area contributed by atoms with Gasteiger partial charge < -0.3 is 13.9 Å². The van der Waals surface area contributed by atoms with Gasteiger partial charge in [-0.3, -0.25) is 9.59 Å². The van der Waals surface area contributed by atoms with Crippen LogP contribution in [0.4, 0.5) is 0 Å². The Hall–Kier alpha value is -0.883. The van der Waals surface area contributed by atoms with E-state index in [1.807, 2.05) is 0 Å². The van der Waals surface area contributed by atoms with Gasteiger partial charge in [0, 0.05) is 12.8 Å².